The Kier molecular flexibility index (Phi) is 3.68. The van der Waals surface area contributed by atoms with E-state index in [1.165, 1.54) is 13.2 Å². The van der Waals surface area contributed by atoms with Crippen LogP contribution in [0.5, 0.6) is 11.5 Å². The molecule has 1 atom stereocenters. The summed E-state index contributed by atoms with van der Waals surface area (Å²) in [5.41, 5.74) is 5.58. The molecule has 0 spiro atoms. The molecule has 0 radical (unpaired) electrons. The molecule has 4 N–H and O–H groups in total. The SMILES string of the molecule is COc1c(O)cc(CC(N)C(=O)O)cc1F. The highest BCUT2D eigenvalue weighted by Gasteiger charge is 2.16. The van der Waals surface area contributed by atoms with Gasteiger partial charge in [0.15, 0.2) is 17.3 Å². The molecule has 1 rings (SSSR count). The Labute approximate surface area is 91.3 Å². The second-order valence-electron chi connectivity index (χ2n) is 3.28. The van der Waals surface area contributed by atoms with Crippen molar-refractivity contribution in [2.24, 2.45) is 5.73 Å². The van der Waals surface area contributed by atoms with Gasteiger partial charge in [0.2, 0.25) is 0 Å². The van der Waals surface area contributed by atoms with E-state index in [1.807, 2.05) is 0 Å². The number of carboxylic acid groups (broad SMARTS) is 1. The number of carbonyl (C=O) groups is 1. The van der Waals surface area contributed by atoms with Gasteiger partial charge >= 0.3 is 5.97 Å². The Morgan fingerprint density at radius 1 is 1.62 bits per heavy atom. The molecule has 1 unspecified atom stereocenters. The van der Waals surface area contributed by atoms with E-state index in [9.17, 15) is 14.3 Å². The third kappa shape index (κ3) is 2.60. The number of carboxylic acids is 1. The fourth-order valence-corrected chi connectivity index (χ4v) is 1.29. The largest absolute Gasteiger partial charge is 0.504 e. The third-order valence-electron chi connectivity index (χ3n) is 2.06. The predicted octanol–water partition coefficient (Wildman–Crippen LogP) is 0.494. The van der Waals surface area contributed by atoms with Crippen LogP contribution in [0.4, 0.5) is 4.39 Å². The molecule has 6 heteroatoms. The van der Waals surface area contributed by atoms with Crippen molar-refractivity contribution in [1.82, 2.24) is 0 Å². The van der Waals surface area contributed by atoms with Crippen LogP contribution in [0.2, 0.25) is 0 Å². The average molecular weight is 229 g/mol. The van der Waals surface area contributed by atoms with Gasteiger partial charge in [-0.15, -0.1) is 0 Å². The Hall–Kier alpha value is -1.82. The highest BCUT2D eigenvalue weighted by molar-refractivity contribution is 5.73. The van der Waals surface area contributed by atoms with Crippen LogP contribution < -0.4 is 10.5 Å². The molecule has 1 aromatic carbocycles. The quantitative estimate of drug-likeness (QED) is 0.698. The Morgan fingerprint density at radius 3 is 2.69 bits per heavy atom. The minimum Gasteiger partial charge on any atom is -0.504 e. The zero-order valence-corrected chi connectivity index (χ0v) is 8.61. The molecule has 0 aliphatic carbocycles. The van der Waals surface area contributed by atoms with Crippen molar-refractivity contribution < 1.29 is 24.1 Å². The van der Waals surface area contributed by atoms with Crippen molar-refractivity contribution in [1.29, 1.82) is 0 Å². The smallest absolute Gasteiger partial charge is 0.320 e. The number of benzene rings is 1. The summed E-state index contributed by atoms with van der Waals surface area (Å²) >= 11 is 0. The van der Waals surface area contributed by atoms with Crippen LogP contribution in [0.25, 0.3) is 0 Å². The molecule has 0 aliphatic heterocycles. The number of aromatic hydroxyl groups is 1. The van der Waals surface area contributed by atoms with Crippen LogP contribution in [0, 0.1) is 5.82 Å². The van der Waals surface area contributed by atoms with Gasteiger partial charge in [0.05, 0.1) is 7.11 Å². The van der Waals surface area contributed by atoms with Gasteiger partial charge in [-0.1, -0.05) is 0 Å². The van der Waals surface area contributed by atoms with E-state index < -0.39 is 17.8 Å². The Morgan fingerprint density at radius 2 is 2.25 bits per heavy atom. The monoisotopic (exact) mass is 229 g/mol. The van der Waals surface area contributed by atoms with Gasteiger partial charge in [-0.2, -0.15) is 0 Å². The van der Waals surface area contributed by atoms with Crippen LogP contribution in [-0.4, -0.2) is 29.3 Å². The number of hydrogen-bond acceptors (Lipinski definition) is 4. The lowest BCUT2D eigenvalue weighted by Crippen LogP contribution is -2.32. The first-order valence-electron chi connectivity index (χ1n) is 4.49. The standard InChI is InChI=1S/C10H12FNO4/c1-16-9-6(11)2-5(4-8(9)13)3-7(12)10(14)15/h2,4,7,13H,3,12H2,1H3,(H,14,15). The van der Waals surface area contributed by atoms with Crippen molar-refractivity contribution in [2.75, 3.05) is 7.11 Å². The van der Waals surface area contributed by atoms with E-state index in [4.69, 9.17) is 10.8 Å². The highest BCUT2D eigenvalue weighted by Crippen LogP contribution is 2.30. The maximum Gasteiger partial charge on any atom is 0.320 e. The van der Waals surface area contributed by atoms with Crippen LogP contribution in [0.1, 0.15) is 5.56 Å². The van der Waals surface area contributed by atoms with Crippen LogP contribution in [0.3, 0.4) is 0 Å². The molecule has 0 aromatic heterocycles. The molecular formula is C10H12FNO4. The lowest BCUT2D eigenvalue weighted by atomic mass is 10.1. The minimum atomic E-state index is -1.18. The summed E-state index contributed by atoms with van der Waals surface area (Å²) in [6.07, 6.45) is -0.0657. The number of hydrogen-bond donors (Lipinski definition) is 3. The lowest BCUT2D eigenvalue weighted by molar-refractivity contribution is -0.138. The second-order valence-corrected chi connectivity index (χ2v) is 3.28. The molecule has 0 fully saturated rings. The Bertz CT molecular complexity index is 385. The van der Waals surface area contributed by atoms with Crippen molar-refractivity contribution in [3.8, 4) is 11.5 Å². The summed E-state index contributed by atoms with van der Waals surface area (Å²) in [4.78, 5) is 10.5. The van der Waals surface area contributed by atoms with E-state index in [0.717, 1.165) is 6.07 Å². The van der Waals surface area contributed by atoms with E-state index in [2.05, 4.69) is 4.74 Å². The number of nitrogens with two attached hydrogens (primary N) is 1. The number of aliphatic carboxylic acids is 1. The van der Waals surface area contributed by atoms with E-state index in [0.29, 0.717) is 5.56 Å². The van der Waals surface area contributed by atoms with Gasteiger partial charge in [-0.25, -0.2) is 4.39 Å². The van der Waals surface area contributed by atoms with Gasteiger partial charge < -0.3 is 20.7 Å². The number of methoxy groups -OCH3 is 1. The zero-order valence-electron chi connectivity index (χ0n) is 8.61. The predicted molar refractivity (Wildman–Crippen MR) is 53.9 cm³/mol. The second kappa shape index (κ2) is 4.80. The van der Waals surface area contributed by atoms with E-state index in [-0.39, 0.29) is 17.9 Å². The molecule has 0 heterocycles. The zero-order chi connectivity index (χ0) is 12.3. The molecule has 0 amide bonds. The molecule has 88 valence electrons. The fourth-order valence-electron chi connectivity index (χ4n) is 1.29. The summed E-state index contributed by atoms with van der Waals surface area (Å²) in [6, 6.07) is 1.18. The normalized spacial score (nSPS) is 12.2. The first-order chi connectivity index (χ1) is 7.45. The lowest BCUT2D eigenvalue weighted by Gasteiger charge is -2.09. The molecule has 1 aromatic rings. The average Bonchev–Trinajstić information content (AvgIpc) is 2.16. The fraction of sp³-hybridized carbons (Fsp3) is 0.300. The number of phenolic OH excluding ortho intramolecular Hbond substituents is 1. The topological polar surface area (TPSA) is 92.8 Å². The van der Waals surface area contributed by atoms with Gasteiger partial charge in [0.25, 0.3) is 0 Å². The number of phenols is 1. The molecule has 0 saturated heterocycles. The molecular weight excluding hydrogens is 217 g/mol. The summed E-state index contributed by atoms with van der Waals surface area (Å²) in [7, 11) is 1.22. The van der Waals surface area contributed by atoms with Crippen molar-refractivity contribution in [3.05, 3.63) is 23.5 Å². The highest BCUT2D eigenvalue weighted by atomic mass is 19.1. The first kappa shape index (κ1) is 12.3. The molecule has 5 nitrogen and oxygen atoms in total. The maximum absolute atomic E-state index is 13.3. The van der Waals surface area contributed by atoms with Gasteiger partial charge in [-0.05, 0) is 24.1 Å². The van der Waals surface area contributed by atoms with E-state index in [1.54, 1.807) is 0 Å². The third-order valence-corrected chi connectivity index (χ3v) is 2.06. The van der Waals surface area contributed by atoms with Crippen molar-refractivity contribution >= 4 is 5.97 Å². The number of ether oxygens (including phenoxy) is 1. The van der Waals surface area contributed by atoms with Gasteiger partial charge in [0, 0.05) is 0 Å². The summed E-state index contributed by atoms with van der Waals surface area (Å²) in [5.74, 6) is -2.59. The van der Waals surface area contributed by atoms with Crippen LogP contribution in [-0.2, 0) is 11.2 Å². The van der Waals surface area contributed by atoms with Gasteiger partial charge in [-0.3, -0.25) is 4.79 Å². The first-order valence-corrected chi connectivity index (χ1v) is 4.49. The molecule has 0 aliphatic rings. The van der Waals surface area contributed by atoms with Gasteiger partial charge in [0.1, 0.15) is 6.04 Å². The molecule has 16 heavy (non-hydrogen) atoms. The minimum absolute atomic E-state index is 0.0657. The number of rotatable bonds is 4. The summed E-state index contributed by atoms with van der Waals surface area (Å²) in [5, 5.41) is 17.9. The summed E-state index contributed by atoms with van der Waals surface area (Å²) in [6.45, 7) is 0. The van der Waals surface area contributed by atoms with Crippen molar-refractivity contribution in [2.45, 2.75) is 12.5 Å². The van der Waals surface area contributed by atoms with Crippen LogP contribution in [0.15, 0.2) is 12.1 Å². The Balaban J connectivity index is 2.96. The molecule has 0 bridgehead atoms. The number of halogens is 1. The maximum atomic E-state index is 13.3. The van der Waals surface area contributed by atoms with Crippen molar-refractivity contribution in [3.63, 3.8) is 0 Å². The van der Waals surface area contributed by atoms with Crippen LogP contribution >= 0.6 is 0 Å². The van der Waals surface area contributed by atoms with E-state index >= 15 is 0 Å². The molecule has 0 saturated carbocycles. The summed E-state index contributed by atoms with van der Waals surface area (Å²) < 4.78 is 17.9.